The highest BCUT2D eigenvalue weighted by Gasteiger charge is 2.12. The number of rotatable bonds is 9. The SMILES string of the molecule is CC(C)CCNC(=O)[C@@H](N)CCCNC(=N)N[N+](=O)[O-]. The molecule has 0 spiro atoms. The minimum Gasteiger partial charge on any atom is -0.355 e. The molecule has 0 fully saturated rings. The standard InChI is InChI=1S/C11H24N6O3/c1-8(2)5-7-14-10(18)9(12)4-3-6-15-11(13)16-17(19)20/h8-9H,3-7,12H2,1-2H3,(H,14,18)(H3,13,15,16)/t9-/m0/s1. The summed E-state index contributed by atoms with van der Waals surface area (Å²) in [6.45, 7) is 5.10. The van der Waals surface area contributed by atoms with Gasteiger partial charge in [0.25, 0.3) is 5.96 Å². The largest absolute Gasteiger partial charge is 0.355 e. The van der Waals surface area contributed by atoms with Crippen molar-refractivity contribution in [2.75, 3.05) is 13.1 Å². The highest BCUT2D eigenvalue weighted by atomic mass is 16.7. The summed E-state index contributed by atoms with van der Waals surface area (Å²) in [6.07, 6.45) is 1.90. The molecule has 116 valence electrons. The Morgan fingerprint density at radius 2 is 1.95 bits per heavy atom. The summed E-state index contributed by atoms with van der Waals surface area (Å²) in [5.74, 6) is -0.0510. The van der Waals surface area contributed by atoms with Crippen molar-refractivity contribution in [3.8, 4) is 0 Å². The third kappa shape index (κ3) is 10.1. The lowest BCUT2D eigenvalue weighted by atomic mass is 10.1. The molecule has 0 rings (SSSR count). The minimum atomic E-state index is -0.816. The molecule has 6 N–H and O–H groups in total. The Bertz CT molecular complexity index is 334. The fourth-order valence-corrected chi connectivity index (χ4v) is 1.41. The lowest BCUT2D eigenvalue weighted by molar-refractivity contribution is -0.525. The van der Waals surface area contributed by atoms with E-state index in [4.69, 9.17) is 11.1 Å². The molecule has 0 unspecified atom stereocenters. The molecule has 0 radical (unpaired) electrons. The number of carbonyl (C=O) groups excluding carboxylic acids is 1. The van der Waals surface area contributed by atoms with E-state index < -0.39 is 11.1 Å². The third-order valence-corrected chi connectivity index (χ3v) is 2.55. The van der Waals surface area contributed by atoms with E-state index in [1.807, 2.05) is 0 Å². The van der Waals surface area contributed by atoms with Crippen molar-refractivity contribution in [2.45, 2.75) is 39.2 Å². The van der Waals surface area contributed by atoms with Crippen LogP contribution in [0.5, 0.6) is 0 Å². The molecule has 0 aliphatic heterocycles. The monoisotopic (exact) mass is 288 g/mol. The van der Waals surface area contributed by atoms with E-state index >= 15 is 0 Å². The van der Waals surface area contributed by atoms with E-state index in [9.17, 15) is 14.9 Å². The van der Waals surface area contributed by atoms with Crippen LogP contribution >= 0.6 is 0 Å². The second-order valence-corrected chi connectivity index (χ2v) is 4.89. The first kappa shape index (κ1) is 18.1. The van der Waals surface area contributed by atoms with Gasteiger partial charge in [0.1, 0.15) is 0 Å². The number of carbonyl (C=O) groups is 1. The minimum absolute atomic E-state index is 0.191. The fraction of sp³-hybridized carbons (Fsp3) is 0.818. The zero-order valence-corrected chi connectivity index (χ0v) is 11.9. The van der Waals surface area contributed by atoms with Gasteiger partial charge >= 0.3 is 0 Å². The summed E-state index contributed by atoms with van der Waals surface area (Å²) < 4.78 is 0. The number of nitro groups is 1. The number of guanidine groups is 1. The van der Waals surface area contributed by atoms with E-state index in [0.717, 1.165) is 6.42 Å². The second-order valence-electron chi connectivity index (χ2n) is 4.89. The number of hydrogen-bond donors (Lipinski definition) is 5. The number of amides is 1. The van der Waals surface area contributed by atoms with Crippen LogP contribution in [0.25, 0.3) is 0 Å². The molecule has 9 nitrogen and oxygen atoms in total. The number of nitrogens with two attached hydrogens (primary N) is 1. The second kappa shape index (κ2) is 9.96. The first-order valence-electron chi connectivity index (χ1n) is 6.59. The molecule has 0 aliphatic carbocycles. The molecule has 0 aromatic rings. The molecule has 9 heteroatoms. The van der Waals surface area contributed by atoms with Crippen LogP contribution in [0.3, 0.4) is 0 Å². The van der Waals surface area contributed by atoms with Gasteiger partial charge in [0.05, 0.1) is 6.04 Å². The van der Waals surface area contributed by atoms with E-state index in [1.54, 1.807) is 5.43 Å². The van der Waals surface area contributed by atoms with Gasteiger partial charge < -0.3 is 16.4 Å². The summed E-state index contributed by atoms with van der Waals surface area (Å²) in [6, 6.07) is -0.596. The molecule has 0 heterocycles. The Kier molecular flexibility index (Phi) is 9.01. The molecule has 1 amide bonds. The van der Waals surface area contributed by atoms with Crippen LogP contribution in [0.1, 0.15) is 33.1 Å². The van der Waals surface area contributed by atoms with Gasteiger partial charge in [-0.05, 0) is 25.2 Å². The lowest BCUT2D eigenvalue weighted by Gasteiger charge is -2.13. The molecule has 1 atom stereocenters. The van der Waals surface area contributed by atoms with Gasteiger partial charge in [-0.15, -0.1) is 0 Å². The molecule has 0 bridgehead atoms. The fourth-order valence-electron chi connectivity index (χ4n) is 1.41. The van der Waals surface area contributed by atoms with Crippen LogP contribution in [0, 0.1) is 21.4 Å². The maximum atomic E-state index is 11.6. The van der Waals surface area contributed by atoms with Gasteiger partial charge in [-0.2, -0.15) is 0 Å². The molecule has 0 saturated carbocycles. The van der Waals surface area contributed by atoms with E-state index in [-0.39, 0.29) is 11.9 Å². The van der Waals surface area contributed by atoms with Crippen molar-refractivity contribution < 1.29 is 9.83 Å². The van der Waals surface area contributed by atoms with Crippen molar-refractivity contribution >= 4 is 11.9 Å². The van der Waals surface area contributed by atoms with Crippen molar-refractivity contribution in [1.82, 2.24) is 16.1 Å². The smallest absolute Gasteiger partial charge is 0.251 e. The third-order valence-electron chi connectivity index (χ3n) is 2.55. The summed E-state index contributed by atoms with van der Waals surface area (Å²) in [5.41, 5.74) is 7.39. The average molecular weight is 288 g/mol. The summed E-state index contributed by atoms with van der Waals surface area (Å²) >= 11 is 0. The quantitative estimate of drug-likeness (QED) is 0.128. The maximum absolute atomic E-state index is 11.6. The highest BCUT2D eigenvalue weighted by Crippen LogP contribution is 1.98. The highest BCUT2D eigenvalue weighted by molar-refractivity contribution is 5.81. The van der Waals surface area contributed by atoms with E-state index in [1.165, 1.54) is 0 Å². The van der Waals surface area contributed by atoms with Crippen LogP contribution in [-0.4, -0.2) is 36.0 Å². The molecule has 0 aliphatic rings. The van der Waals surface area contributed by atoms with Gasteiger partial charge in [0.15, 0.2) is 5.03 Å². The first-order valence-corrected chi connectivity index (χ1v) is 6.59. The van der Waals surface area contributed by atoms with Gasteiger partial charge in [0, 0.05) is 13.1 Å². The van der Waals surface area contributed by atoms with Gasteiger partial charge in [-0.25, -0.2) is 10.1 Å². The Labute approximate surface area is 118 Å². The predicted octanol–water partition coefficient (Wildman–Crippen LogP) is -0.438. The number of nitrogens with zero attached hydrogens (tertiary/aromatic N) is 1. The molecular formula is C11H24N6O3. The van der Waals surface area contributed by atoms with Crippen molar-refractivity contribution in [1.29, 1.82) is 5.41 Å². The van der Waals surface area contributed by atoms with Gasteiger partial charge in [0.2, 0.25) is 5.91 Å². The van der Waals surface area contributed by atoms with Gasteiger partial charge in [-0.3, -0.25) is 10.2 Å². The summed E-state index contributed by atoms with van der Waals surface area (Å²) in [4.78, 5) is 21.6. The molecule has 0 saturated heterocycles. The lowest BCUT2D eigenvalue weighted by Crippen LogP contribution is -2.42. The maximum Gasteiger partial charge on any atom is 0.251 e. The molecule has 0 aromatic heterocycles. The van der Waals surface area contributed by atoms with Crippen molar-refractivity contribution in [2.24, 2.45) is 11.7 Å². The zero-order valence-electron chi connectivity index (χ0n) is 11.9. The average Bonchev–Trinajstić information content (AvgIpc) is 2.32. The molecule has 20 heavy (non-hydrogen) atoms. The topological polar surface area (TPSA) is 146 Å². The summed E-state index contributed by atoms with van der Waals surface area (Å²) in [5, 5.41) is 21.6. The van der Waals surface area contributed by atoms with E-state index in [0.29, 0.717) is 31.8 Å². The normalized spacial score (nSPS) is 11.8. The Morgan fingerprint density at radius 3 is 2.50 bits per heavy atom. The van der Waals surface area contributed by atoms with Crippen LogP contribution in [-0.2, 0) is 4.79 Å². The number of nitrogens with one attached hydrogen (secondary N) is 4. The van der Waals surface area contributed by atoms with Gasteiger partial charge in [-0.1, -0.05) is 19.3 Å². The molecular weight excluding hydrogens is 264 g/mol. The van der Waals surface area contributed by atoms with Crippen LogP contribution < -0.4 is 21.8 Å². The summed E-state index contributed by atoms with van der Waals surface area (Å²) in [7, 11) is 0. The van der Waals surface area contributed by atoms with Crippen LogP contribution in [0.15, 0.2) is 0 Å². The number of hydrogen-bond acceptors (Lipinski definition) is 5. The van der Waals surface area contributed by atoms with Crippen LogP contribution in [0.4, 0.5) is 0 Å². The van der Waals surface area contributed by atoms with Crippen molar-refractivity contribution in [3.63, 3.8) is 0 Å². The number of hydrazine groups is 1. The molecule has 0 aromatic carbocycles. The van der Waals surface area contributed by atoms with Crippen LogP contribution in [0.2, 0.25) is 0 Å². The Morgan fingerprint density at radius 1 is 1.30 bits per heavy atom. The zero-order chi connectivity index (χ0) is 15.5. The Hall–Kier alpha value is -1.90. The predicted molar refractivity (Wildman–Crippen MR) is 75.5 cm³/mol. The first-order chi connectivity index (χ1) is 9.32. The van der Waals surface area contributed by atoms with E-state index in [2.05, 4.69) is 24.5 Å². The van der Waals surface area contributed by atoms with Crippen molar-refractivity contribution in [3.05, 3.63) is 10.1 Å². The Balaban J connectivity index is 3.66.